The topological polar surface area (TPSA) is 83.6 Å². The Kier molecular flexibility index (Phi) is 3.29. The third-order valence-corrected chi connectivity index (χ3v) is 4.20. The van der Waals surface area contributed by atoms with E-state index in [9.17, 15) is 4.79 Å². The summed E-state index contributed by atoms with van der Waals surface area (Å²) >= 11 is 3.44. The third kappa shape index (κ3) is 2.33. The monoisotopic (exact) mass is 335 g/mol. The van der Waals surface area contributed by atoms with E-state index in [1.54, 1.807) is 0 Å². The van der Waals surface area contributed by atoms with E-state index >= 15 is 0 Å². The lowest BCUT2D eigenvalue weighted by molar-refractivity contribution is -0.123. The van der Waals surface area contributed by atoms with Gasteiger partial charge in [0.05, 0.1) is 0 Å². The van der Waals surface area contributed by atoms with Crippen LogP contribution >= 0.6 is 15.9 Å². The first-order valence-electron chi connectivity index (χ1n) is 6.39. The lowest BCUT2D eigenvalue weighted by Crippen LogP contribution is -2.35. The van der Waals surface area contributed by atoms with Crippen molar-refractivity contribution in [2.75, 3.05) is 0 Å². The molecule has 20 heavy (non-hydrogen) atoms. The van der Waals surface area contributed by atoms with Gasteiger partial charge < -0.3 is 5.32 Å². The van der Waals surface area contributed by atoms with Crippen molar-refractivity contribution in [2.24, 2.45) is 0 Å². The zero-order valence-corrected chi connectivity index (χ0v) is 12.6. The highest BCUT2D eigenvalue weighted by molar-refractivity contribution is 9.10. The number of nitrogens with one attached hydrogen (secondary N) is 2. The molecule has 1 aliphatic carbocycles. The van der Waals surface area contributed by atoms with Gasteiger partial charge in [0.2, 0.25) is 5.91 Å². The van der Waals surface area contributed by atoms with Crippen molar-refractivity contribution in [1.29, 1.82) is 0 Å². The Morgan fingerprint density at radius 2 is 2.30 bits per heavy atom. The second kappa shape index (κ2) is 4.97. The Hall–Kier alpha value is -1.76. The van der Waals surface area contributed by atoms with Crippen molar-refractivity contribution >= 4 is 21.8 Å². The van der Waals surface area contributed by atoms with Crippen LogP contribution < -0.4 is 5.32 Å². The Morgan fingerprint density at radius 3 is 2.95 bits per heavy atom. The highest BCUT2D eigenvalue weighted by Crippen LogP contribution is 2.46. The molecule has 0 spiro atoms. The number of carbonyl (C=O) groups excluding carboxylic acids is 1. The summed E-state index contributed by atoms with van der Waals surface area (Å²) in [6.45, 7) is 2.53. The fourth-order valence-electron chi connectivity index (χ4n) is 2.22. The molecule has 1 aliphatic rings. The summed E-state index contributed by atoms with van der Waals surface area (Å²) in [7, 11) is 0. The van der Waals surface area contributed by atoms with E-state index in [0.717, 1.165) is 28.4 Å². The standard InChI is InChI=1S/C13H14BrN5O/c1-8-2-3-10(14)6-9(8)7-15-12(20)13(4-5-13)11-16-18-19-17-11/h2-3,6H,4-5,7H2,1H3,(H,15,20)(H,16,17,18,19). The number of halogens is 1. The zero-order valence-electron chi connectivity index (χ0n) is 11.0. The summed E-state index contributed by atoms with van der Waals surface area (Å²) in [6, 6.07) is 6.03. The quantitative estimate of drug-likeness (QED) is 0.889. The molecule has 0 saturated heterocycles. The van der Waals surface area contributed by atoms with Crippen LogP contribution in [0.5, 0.6) is 0 Å². The van der Waals surface area contributed by atoms with Crippen molar-refractivity contribution in [3.8, 4) is 0 Å². The summed E-state index contributed by atoms with van der Waals surface area (Å²) in [4.78, 5) is 12.4. The van der Waals surface area contributed by atoms with Crippen LogP contribution in [-0.2, 0) is 16.8 Å². The molecule has 7 heteroatoms. The number of tetrazole rings is 1. The number of amides is 1. The highest BCUT2D eigenvalue weighted by atomic mass is 79.9. The molecule has 1 aromatic carbocycles. The van der Waals surface area contributed by atoms with Gasteiger partial charge >= 0.3 is 0 Å². The van der Waals surface area contributed by atoms with Gasteiger partial charge in [-0.3, -0.25) is 4.79 Å². The fraction of sp³-hybridized carbons (Fsp3) is 0.385. The predicted octanol–water partition coefficient (Wildman–Crippen LogP) is 1.62. The van der Waals surface area contributed by atoms with Crippen LogP contribution in [0.4, 0.5) is 0 Å². The molecule has 1 heterocycles. The molecular formula is C13H14BrN5O. The molecule has 6 nitrogen and oxygen atoms in total. The smallest absolute Gasteiger partial charge is 0.234 e. The minimum Gasteiger partial charge on any atom is -0.351 e. The number of aryl methyl sites for hydroxylation is 1. The van der Waals surface area contributed by atoms with Crippen molar-refractivity contribution in [3.63, 3.8) is 0 Å². The summed E-state index contributed by atoms with van der Waals surface area (Å²) in [5, 5.41) is 16.8. The van der Waals surface area contributed by atoms with Crippen LogP contribution in [0, 0.1) is 6.92 Å². The highest BCUT2D eigenvalue weighted by Gasteiger charge is 2.54. The molecule has 0 aliphatic heterocycles. The first kappa shape index (κ1) is 13.2. The van der Waals surface area contributed by atoms with Crippen molar-refractivity contribution in [2.45, 2.75) is 31.7 Å². The largest absolute Gasteiger partial charge is 0.351 e. The van der Waals surface area contributed by atoms with Gasteiger partial charge in [-0.25, -0.2) is 0 Å². The van der Waals surface area contributed by atoms with Gasteiger partial charge in [-0.2, -0.15) is 5.21 Å². The molecule has 0 unspecified atom stereocenters. The molecule has 2 N–H and O–H groups in total. The van der Waals surface area contributed by atoms with Gasteiger partial charge in [0.1, 0.15) is 5.41 Å². The first-order valence-corrected chi connectivity index (χ1v) is 7.18. The lowest BCUT2D eigenvalue weighted by atomic mass is 10.0. The average Bonchev–Trinajstić information content (AvgIpc) is 3.07. The molecule has 0 atom stereocenters. The molecular weight excluding hydrogens is 322 g/mol. The van der Waals surface area contributed by atoms with Gasteiger partial charge in [0.15, 0.2) is 5.82 Å². The van der Waals surface area contributed by atoms with Gasteiger partial charge in [0, 0.05) is 11.0 Å². The molecule has 1 saturated carbocycles. The molecule has 2 aromatic rings. The number of carbonyl (C=O) groups is 1. The van der Waals surface area contributed by atoms with Crippen LogP contribution in [0.2, 0.25) is 0 Å². The van der Waals surface area contributed by atoms with E-state index in [0.29, 0.717) is 12.4 Å². The number of rotatable bonds is 4. The van der Waals surface area contributed by atoms with Gasteiger partial charge in [0.25, 0.3) is 0 Å². The number of hydrogen-bond donors (Lipinski definition) is 2. The maximum Gasteiger partial charge on any atom is 0.234 e. The Bertz CT molecular complexity index is 636. The van der Waals surface area contributed by atoms with E-state index in [2.05, 4.69) is 41.9 Å². The van der Waals surface area contributed by atoms with Gasteiger partial charge in [-0.1, -0.05) is 27.2 Å². The molecule has 3 rings (SSSR count). The van der Waals surface area contributed by atoms with E-state index < -0.39 is 5.41 Å². The maximum absolute atomic E-state index is 12.4. The predicted molar refractivity (Wildman–Crippen MR) is 75.8 cm³/mol. The number of hydrogen-bond acceptors (Lipinski definition) is 4. The zero-order chi connectivity index (χ0) is 14.2. The summed E-state index contributed by atoms with van der Waals surface area (Å²) in [6.07, 6.45) is 1.55. The summed E-state index contributed by atoms with van der Waals surface area (Å²) in [5.41, 5.74) is 1.67. The van der Waals surface area contributed by atoms with Crippen LogP contribution in [0.15, 0.2) is 22.7 Å². The number of benzene rings is 1. The van der Waals surface area contributed by atoms with Crippen molar-refractivity contribution in [3.05, 3.63) is 39.6 Å². The van der Waals surface area contributed by atoms with E-state index in [1.165, 1.54) is 0 Å². The Labute approximate surface area is 124 Å². The average molecular weight is 336 g/mol. The Morgan fingerprint density at radius 1 is 1.50 bits per heavy atom. The summed E-state index contributed by atoms with van der Waals surface area (Å²) in [5.74, 6) is 0.458. The van der Waals surface area contributed by atoms with E-state index in [4.69, 9.17) is 0 Å². The number of aromatic nitrogens is 4. The lowest BCUT2D eigenvalue weighted by Gasteiger charge is -2.13. The van der Waals surface area contributed by atoms with Gasteiger partial charge in [-0.15, -0.1) is 10.2 Å². The number of aromatic amines is 1. The first-order chi connectivity index (χ1) is 9.62. The van der Waals surface area contributed by atoms with E-state index in [1.807, 2.05) is 25.1 Å². The number of nitrogens with zero attached hydrogens (tertiary/aromatic N) is 3. The maximum atomic E-state index is 12.4. The van der Waals surface area contributed by atoms with Crippen LogP contribution in [0.3, 0.4) is 0 Å². The Balaban J connectivity index is 1.70. The van der Waals surface area contributed by atoms with E-state index in [-0.39, 0.29) is 5.91 Å². The van der Waals surface area contributed by atoms with Crippen LogP contribution in [0.25, 0.3) is 0 Å². The molecule has 0 radical (unpaired) electrons. The normalized spacial score (nSPS) is 15.9. The number of H-pyrrole nitrogens is 1. The van der Waals surface area contributed by atoms with Crippen molar-refractivity contribution < 1.29 is 4.79 Å². The van der Waals surface area contributed by atoms with Crippen LogP contribution in [-0.4, -0.2) is 26.5 Å². The van der Waals surface area contributed by atoms with Gasteiger partial charge in [-0.05, 0) is 43.0 Å². The fourth-order valence-corrected chi connectivity index (χ4v) is 2.63. The molecule has 0 bridgehead atoms. The summed E-state index contributed by atoms with van der Waals surface area (Å²) < 4.78 is 1.01. The minimum absolute atomic E-state index is 0.0294. The SMILES string of the molecule is Cc1ccc(Br)cc1CNC(=O)C1(c2nn[nH]n2)CC1. The second-order valence-electron chi connectivity index (χ2n) is 5.07. The molecule has 1 fully saturated rings. The minimum atomic E-state index is -0.576. The van der Waals surface area contributed by atoms with Crippen LogP contribution in [0.1, 0.15) is 29.8 Å². The second-order valence-corrected chi connectivity index (χ2v) is 5.99. The molecule has 104 valence electrons. The molecule has 1 aromatic heterocycles. The van der Waals surface area contributed by atoms with Crippen molar-refractivity contribution in [1.82, 2.24) is 25.9 Å². The molecule has 1 amide bonds. The third-order valence-electron chi connectivity index (χ3n) is 3.71.